The minimum atomic E-state index is -0.429. The Bertz CT molecular complexity index is 287. The number of esters is 1. The molecule has 1 saturated heterocycles. The summed E-state index contributed by atoms with van der Waals surface area (Å²) in [6.07, 6.45) is 3.95. The van der Waals surface area contributed by atoms with Crippen LogP contribution < -0.4 is 5.32 Å². The highest BCUT2D eigenvalue weighted by Crippen LogP contribution is 2.30. The summed E-state index contributed by atoms with van der Waals surface area (Å²) in [4.78, 5) is 14.1. The third-order valence-electron chi connectivity index (χ3n) is 3.85. The Hall–Kier alpha value is -0.610. The molecular formula is C13H24N2O2. The minimum absolute atomic E-state index is 0.137. The lowest BCUT2D eigenvalue weighted by Gasteiger charge is -2.24. The molecular weight excluding hydrogens is 216 g/mol. The van der Waals surface area contributed by atoms with Crippen LogP contribution >= 0.6 is 0 Å². The molecule has 0 spiro atoms. The van der Waals surface area contributed by atoms with Crippen LogP contribution in [-0.4, -0.2) is 49.7 Å². The van der Waals surface area contributed by atoms with Gasteiger partial charge in [-0.3, -0.25) is 9.69 Å². The Morgan fingerprint density at radius 2 is 2.12 bits per heavy atom. The molecule has 0 aromatic rings. The van der Waals surface area contributed by atoms with E-state index in [9.17, 15) is 4.79 Å². The number of carbonyl (C=O) groups is 1. The molecule has 17 heavy (non-hydrogen) atoms. The summed E-state index contributed by atoms with van der Waals surface area (Å²) in [6, 6.07) is 1.40. The predicted molar refractivity (Wildman–Crippen MR) is 66.8 cm³/mol. The van der Waals surface area contributed by atoms with Crippen molar-refractivity contribution in [3.05, 3.63) is 0 Å². The zero-order valence-electron chi connectivity index (χ0n) is 11.2. The summed E-state index contributed by atoms with van der Waals surface area (Å²) in [5, 5.41) is 3.51. The van der Waals surface area contributed by atoms with Crippen LogP contribution in [0, 0.1) is 5.41 Å². The first-order valence-electron chi connectivity index (χ1n) is 6.59. The summed E-state index contributed by atoms with van der Waals surface area (Å²) in [5.41, 5.74) is -0.429. The SMILES string of the molecule is COC(=O)C(C)(C)CNC1CCN(C2CC2)C1. The zero-order valence-corrected chi connectivity index (χ0v) is 11.2. The van der Waals surface area contributed by atoms with Gasteiger partial charge in [0.05, 0.1) is 12.5 Å². The van der Waals surface area contributed by atoms with E-state index in [4.69, 9.17) is 4.74 Å². The fraction of sp³-hybridized carbons (Fsp3) is 0.923. The second-order valence-corrected chi connectivity index (χ2v) is 5.97. The van der Waals surface area contributed by atoms with Crippen LogP contribution in [-0.2, 0) is 9.53 Å². The number of nitrogens with one attached hydrogen (secondary N) is 1. The molecule has 0 amide bonds. The number of nitrogens with zero attached hydrogens (tertiary/aromatic N) is 1. The Morgan fingerprint density at radius 3 is 2.71 bits per heavy atom. The van der Waals surface area contributed by atoms with Crippen molar-refractivity contribution in [3.8, 4) is 0 Å². The van der Waals surface area contributed by atoms with Crippen molar-refractivity contribution in [2.45, 2.75) is 45.2 Å². The van der Waals surface area contributed by atoms with Gasteiger partial charge in [0.1, 0.15) is 0 Å². The van der Waals surface area contributed by atoms with Gasteiger partial charge in [-0.1, -0.05) is 0 Å². The van der Waals surface area contributed by atoms with Gasteiger partial charge in [-0.25, -0.2) is 0 Å². The maximum Gasteiger partial charge on any atom is 0.312 e. The predicted octanol–water partition coefficient (Wildman–Crippen LogP) is 1.01. The molecule has 1 heterocycles. The van der Waals surface area contributed by atoms with Gasteiger partial charge in [-0.2, -0.15) is 0 Å². The first-order chi connectivity index (χ1) is 8.03. The second kappa shape index (κ2) is 4.94. The van der Waals surface area contributed by atoms with Crippen LogP contribution in [0.4, 0.5) is 0 Å². The fourth-order valence-corrected chi connectivity index (χ4v) is 2.47. The van der Waals surface area contributed by atoms with E-state index in [1.165, 1.54) is 32.9 Å². The molecule has 1 N–H and O–H groups in total. The van der Waals surface area contributed by atoms with Crippen LogP contribution in [0.1, 0.15) is 33.1 Å². The molecule has 1 aliphatic heterocycles. The fourth-order valence-electron chi connectivity index (χ4n) is 2.47. The van der Waals surface area contributed by atoms with E-state index in [2.05, 4.69) is 10.2 Å². The number of hydrogen-bond acceptors (Lipinski definition) is 4. The summed E-state index contributed by atoms with van der Waals surface area (Å²) in [5.74, 6) is -0.137. The highest BCUT2D eigenvalue weighted by molar-refractivity contribution is 5.76. The first kappa shape index (κ1) is 12.8. The van der Waals surface area contributed by atoms with Crippen molar-refractivity contribution in [1.82, 2.24) is 10.2 Å². The monoisotopic (exact) mass is 240 g/mol. The van der Waals surface area contributed by atoms with Crippen LogP contribution in [0.15, 0.2) is 0 Å². The summed E-state index contributed by atoms with van der Waals surface area (Å²) in [7, 11) is 1.45. The number of likely N-dealkylation sites (tertiary alicyclic amines) is 1. The summed E-state index contributed by atoms with van der Waals surface area (Å²) in [6.45, 7) is 6.91. The van der Waals surface area contributed by atoms with E-state index in [0.717, 1.165) is 12.6 Å². The normalized spacial score (nSPS) is 26.2. The summed E-state index contributed by atoms with van der Waals surface area (Å²) >= 11 is 0. The minimum Gasteiger partial charge on any atom is -0.469 e. The van der Waals surface area contributed by atoms with E-state index in [0.29, 0.717) is 12.6 Å². The van der Waals surface area contributed by atoms with Crippen LogP contribution in [0.25, 0.3) is 0 Å². The molecule has 2 fully saturated rings. The third kappa shape index (κ3) is 3.19. The summed E-state index contributed by atoms with van der Waals surface area (Å²) < 4.78 is 4.81. The molecule has 0 aromatic carbocycles. The van der Waals surface area contributed by atoms with Gasteiger partial charge in [0.2, 0.25) is 0 Å². The highest BCUT2D eigenvalue weighted by atomic mass is 16.5. The molecule has 1 atom stereocenters. The van der Waals surface area contributed by atoms with Crippen LogP contribution in [0.3, 0.4) is 0 Å². The molecule has 1 aliphatic carbocycles. The van der Waals surface area contributed by atoms with Gasteiger partial charge < -0.3 is 10.1 Å². The zero-order chi connectivity index (χ0) is 12.5. The largest absolute Gasteiger partial charge is 0.469 e. The molecule has 0 aromatic heterocycles. The molecule has 1 saturated carbocycles. The van der Waals surface area contributed by atoms with E-state index in [-0.39, 0.29) is 5.97 Å². The van der Waals surface area contributed by atoms with E-state index in [1.807, 2.05) is 13.8 Å². The quantitative estimate of drug-likeness (QED) is 0.728. The molecule has 4 heteroatoms. The van der Waals surface area contributed by atoms with Crippen molar-refractivity contribution >= 4 is 5.97 Å². The maximum atomic E-state index is 11.5. The number of ether oxygens (including phenoxy) is 1. The van der Waals surface area contributed by atoms with Gasteiger partial charge >= 0.3 is 5.97 Å². The molecule has 2 rings (SSSR count). The van der Waals surface area contributed by atoms with Crippen molar-refractivity contribution in [3.63, 3.8) is 0 Å². The van der Waals surface area contributed by atoms with Gasteiger partial charge in [0, 0.05) is 31.7 Å². The average molecular weight is 240 g/mol. The van der Waals surface area contributed by atoms with Crippen LogP contribution in [0.5, 0.6) is 0 Å². The van der Waals surface area contributed by atoms with Gasteiger partial charge in [0.15, 0.2) is 0 Å². The Labute approximate surface area is 104 Å². The topological polar surface area (TPSA) is 41.6 Å². The number of carbonyl (C=O) groups excluding carboxylic acids is 1. The van der Waals surface area contributed by atoms with E-state index >= 15 is 0 Å². The third-order valence-corrected chi connectivity index (χ3v) is 3.85. The van der Waals surface area contributed by atoms with E-state index in [1.54, 1.807) is 0 Å². The van der Waals surface area contributed by atoms with E-state index < -0.39 is 5.41 Å². The Morgan fingerprint density at radius 1 is 1.41 bits per heavy atom. The molecule has 2 aliphatic rings. The van der Waals surface area contributed by atoms with Gasteiger partial charge in [0.25, 0.3) is 0 Å². The van der Waals surface area contributed by atoms with Crippen molar-refractivity contribution in [1.29, 1.82) is 0 Å². The lowest BCUT2D eigenvalue weighted by atomic mass is 9.93. The van der Waals surface area contributed by atoms with Gasteiger partial charge in [-0.15, -0.1) is 0 Å². The molecule has 4 nitrogen and oxygen atoms in total. The average Bonchev–Trinajstić information content (AvgIpc) is 3.05. The molecule has 0 radical (unpaired) electrons. The van der Waals surface area contributed by atoms with Crippen LogP contribution in [0.2, 0.25) is 0 Å². The maximum absolute atomic E-state index is 11.5. The first-order valence-corrected chi connectivity index (χ1v) is 6.59. The molecule has 0 bridgehead atoms. The Kier molecular flexibility index (Phi) is 3.73. The van der Waals surface area contributed by atoms with Crippen molar-refractivity contribution in [2.75, 3.05) is 26.7 Å². The lowest BCUT2D eigenvalue weighted by molar-refractivity contribution is -0.150. The number of hydrogen-bond donors (Lipinski definition) is 1. The highest BCUT2D eigenvalue weighted by Gasteiger charge is 2.35. The van der Waals surface area contributed by atoms with Crippen molar-refractivity contribution < 1.29 is 9.53 Å². The van der Waals surface area contributed by atoms with Crippen molar-refractivity contribution in [2.24, 2.45) is 5.41 Å². The van der Waals surface area contributed by atoms with Gasteiger partial charge in [-0.05, 0) is 33.1 Å². The number of rotatable bonds is 5. The second-order valence-electron chi connectivity index (χ2n) is 5.97. The molecule has 98 valence electrons. The smallest absolute Gasteiger partial charge is 0.312 e. The number of methoxy groups -OCH3 is 1. The lowest BCUT2D eigenvalue weighted by Crippen LogP contribution is -2.42. The Balaban J connectivity index is 1.73. The molecule has 1 unspecified atom stereocenters. The standard InChI is InChI=1S/C13H24N2O2/c1-13(2,12(16)17-3)9-14-10-6-7-15(8-10)11-4-5-11/h10-11,14H,4-9H2,1-3H3.